The van der Waals surface area contributed by atoms with Gasteiger partial charge in [0.15, 0.2) is 0 Å². The topological polar surface area (TPSA) is 92.2 Å². The third kappa shape index (κ3) is 2.56. The van der Waals surface area contributed by atoms with Gasteiger partial charge in [-0.15, -0.1) is 16.4 Å². The number of carbonyl (C=O) groups is 2. The van der Waals surface area contributed by atoms with Crippen LogP contribution in [0.15, 0.2) is 0 Å². The van der Waals surface area contributed by atoms with Gasteiger partial charge in [0.1, 0.15) is 9.88 Å². The van der Waals surface area contributed by atoms with E-state index in [-0.39, 0.29) is 11.5 Å². The quantitative estimate of drug-likeness (QED) is 0.905. The van der Waals surface area contributed by atoms with E-state index in [0.29, 0.717) is 22.0 Å². The van der Waals surface area contributed by atoms with Crippen LogP contribution < -0.4 is 5.32 Å². The highest BCUT2D eigenvalue weighted by Crippen LogP contribution is 2.33. The van der Waals surface area contributed by atoms with Gasteiger partial charge in [-0.2, -0.15) is 0 Å². The molecular formula is C12H13N3O3S2. The van der Waals surface area contributed by atoms with Crippen molar-refractivity contribution >= 4 is 39.7 Å². The van der Waals surface area contributed by atoms with Crippen molar-refractivity contribution in [3.8, 4) is 0 Å². The third-order valence-corrected chi connectivity index (χ3v) is 4.75. The first-order valence-electron chi connectivity index (χ1n) is 5.91. The SMILES string of the molecule is CCc1c(C)sc(NC(=O)c2snnc2C)c1C(=O)O. The molecule has 0 aliphatic rings. The molecule has 2 aromatic heterocycles. The maximum atomic E-state index is 12.1. The summed E-state index contributed by atoms with van der Waals surface area (Å²) in [5.41, 5.74) is 1.48. The summed E-state index contributed by atoms with van der Waals surface area (Å²) in [6.07, 6.45) is 0.612. The predicted octanol–water partition coefficient (Wildman–Crippen LogP) is 2.73. The van der Waals surface area contributed by atoms with Crippen molar-refractivity contribution in [2.75, 3.05) is 5.32 Å². The fourth-order valence-corrected chi connectivity index (χ4v) is 3.60. The number of aromatic nitrogens is 2. The molecule has 2 heterocycles. The van der Waals surface area contributed by atoms with Gasteiger partial charge in [0.25, 0.3) is 5.91 Å². The van der Waals surface area contributed by atoms with Crippen molar-refractivity contribution in [2.24, 2.45) is 0 Å². The highest BCUT2D eigenvalue weighted by molar-refractivity contribution is 7.17. The van der Waals surface area contributed by atoms with Crippen LogP contribution >= 0.6 is 22.9 Å². The van der Waals surface area contributed by atoms with Crippen molar-refractivity contribution < 1.29 is 14.7 Å². The molecule has 2 rings (SSSR count). The Hall–Kier alpha value is -1.80. The molecule has 0 aromatic carbocycles. The van der Waals surface area contributed by atoms with Crippen LogP contribution in [0.1, 0.15) is 43.1 Å². The molecule has 0 saturated heterocycles. The summed E-state index contributed by atoms with van der Waals surface area (Å²) in [5, 5.41) is 16.1. The summed E-state index contributed by atoms with van der Waals surface area (Å²) in [6.45, 7) is 5.43. The van der Waals surface area contributed by atoms with Gasteiger partial charge in [-0.3, -0.25) is 4.79 Å². The second-order valence-electron chi connectivity index (χ2n) is 4.14. The van der Waals surface area contributed by atoms with Gasteiger partial charge in [-0.25, -0.2) is 4.79 Å². The van der Waals surface area contributed by atoms with E-state index in [0.717, 1.165) is 22.0 Å². The Balaban J connectivity index is 2.37. The number of aryl methyl sites for hydroxylation is 2. The Labute approximate surface area is 123 Å². The smallest absolute Gasteiger partial charge is 0.339 e. The number of aromatic carboxylic acids is 1. The van der Waals surface area contributed by atoms with Crippen molar-refractivity contribution in [2.45, 2.75) is 27.2 Å². The molecule has 2 aromatic rings. The van der Waals surface area contributed by atoms with Gasteiger partial charge in [0.2, 0.25) is 0 Å². The number of rotatable bonds is 4. The highest BCUT2D eigenvalue weighted by Gasteiger charge is 2.23. The van der Waals surface area contributed by atoms with Crippen LogP contribution in [0.3, 0.4) is 0 Å². The van der Waals surface area contributed by atoms with E-state index < -0.39 is 5.97 Å². The Morgan fingerprint density at radius 3 is 2.55 bits per heavy atom. The Morgan fingerprint density at radius 2 is 2.05 bits per heavy atom. The van der Waals surface area contributed by atoms with Gasteiger partial charge in [-0.1, -0.05) is 11.4 Å². The molecule has 6 nitrogen and oxygen atoms in total. The molecule has 106 valence electrons. The van der Waals surface area contributed by atoms with Crippen LogP contribution in [-0.4, -0.2) is 26.6 Å². The molecule has 0 bridgehead atoms. The zero-order valence-electron chi connectivity index (χ0n) is 11.2. The number of hydrogen-bond acceptors (Lipinski definition) is 6. The average Bonchev–Trinajstić information content (AvgIpc) is 2.92. The first-order valence-corrected chi connectivity index (χ1v) is 7.50. The summed E-state index contributed by atoms with van der Waals surface area (Å²) >= 11 is 2.27. The molecule has 0 spiro atoms. The number of anilines is 1. The molecule has 0 aliphatic carbocycles. The maximum absolute atomic E-state index is 12.1. The number of nitrogens with zero attached hydrogens (tertiary/aromatic N) is 2. The van der Waals surface area contributed by atoms with Gasteiger partial charge in [0.05, 0.1) is 11.3 Å². The summed E-state index contributed by atoms with van der Waals surface area (Å²) in [5.74, 6) is -1.40. The third-order valence-electron chi connectivity index (χ3n) is 2.86. The van der Waals surface area contributed by atoms with E-state index in [4.69, 9.17) is 0 Å². The average molecular weight is 311 g/mol. The van der Waals surface area contributed by atoms with E-state index in [1.165, 1.54) is 11.3 Å². The Morgan fingerprint density at radius 1 is 1.35 bits per heavy atom. The first kappa shape index (κ1) is 14.6. The van der Waals surface area contributed by atoms with E-state index in [1.54, 1.807) is 6.92 Å². The van der Waals surface area contributed by atoms with Crippen LogP contribution in [0.5, 0.6) is 0 Å². The van der Waals surface area contributed by atoms with E-state index in [2.05, 4.69) is 14.9 Å². The van der Waals surface area contributed by atoms with Crippen LogP contribution in [0.2, 0.25) is 0 Å². The summed E-state index contributed by atoms with van der Waals surface area (Å²) in [6, 6.07) is 0. The lowest BCUT2D eigenvalue weighted by atomic mass is 10.1. The van der Waals surface area contributed by atoms with Crippen molar-refractivity contribution in [3.63, 3.8) is 0 Å². The van der Waals surface area contributed by atoms with E-state index >= 15 is 0 Å². The molecule has 0 unspecified atom stereocenters. The van der Waals surface area contributed by atoms with Crippen LogP contribution in [-0.2, 0) is 6.42 Å². The minimum Gasteiger partial charge on any atom is -0.478 e. The molecule has 0 atom stereocenters. The second kappa shape index (κ2) is 5.68. The minimum atomic E-state index is -1.03. The Bertz CT molecular complexity index is 676. The van der Waals surface area contributed by atoms with Crippen molar-refractivity contribution in [1.29, 1.82) is 0 Å². The van der Waals surface area contributed by atoms with Crippen molar-refractivity contribution in [3.05, 3.63) is 26.6 Å². The first-order chi connectivity index (χ1) is 9.45. The highest BCUT2D eigenvalue weighted by atomic mass is 32.1. The molecule has 0 fully saturated rings. The van der Waals surface area contributed by atoms with Gasteiger partial charge < -0.3 is 10.4 Å². The number of carboxylic acid groups (broad SMARTS) is 1. The number of nitrogens with one attached hydrogen (secondary N) is 1. The summed E-state index contributed by atoms with van der Waals surface area (Å²) in [7, 11) is 0. The van der Waals surface area contributed by atoms with Crippen LogP contribution in [0, 0.1) is 13.8 Å². The Kier molecular flexibility index (Phi) is 4.15. The molecule has 2 N–H and O–H groups in total. The normalized spacial score (nSPS) is 10.6. The molecular weight excluding hydrogens is 298 g/mol. The molecule has 20 heavy (non-hydrogen) atoms. The van der Waals surface area contributed by atoms with E-state index in [9.17, 15) is 14.7 Å². The maximum Gasteiger partial charge on any atom is 0.339 e. The molecule has 1 amide bonds. The number of thiophene rings is 1. The lowest BCUT2D eigenvalue weighted by molar-refractivity contribution is 0.0697. The van der Waals surface area contributed by atoms with Gasteiger partial charge in [-0.05, 0) is 37.4 Å². The zero-order valence-corrected chi connectivity index (χ0v) is 12.8. The van der Waals surface area contributed by atoms with Crippen LogP contribution in [0.4, 0.5) is 5.00 Å². The summed E-state index contributed by atoms with van der Waals surface area (Å²) < 4.78 is 3.70. The molecule has 0 aliphatic heterocycles. The largest absolute Gasteiger partial charge is 0.478 e. The molecule has 8 heteroatoms. The minimum absolute atomic E-state index is 0.179. The lowest BCUT2D eigenvalue weighted by Gasteiger charge is -2.03. The zero-order chi connectivity index (χ0) is 14.9. The standard InChI is InChI=1S/C12H13N3O3S2/c1-4-7-6(3)19-11(8(7)12(17)18)13-10(16)9-5(2)14-15-20-9/h4H2,1-3H3,(H,13,16)(H,17,18). The van der Waals surface area contributed by atoms with Gasteiger partial charge in [0, 0.05) is 4.88 Å². The fourth-order valence-electron chi connectivity index (χ4n) is 1.92. The molecule has 0 radical (unpaired) electrons. The predicted molar refractivity (Wildman–Crippen MR) is 78.0 cm³/mol. The number of hydrogen-bond donors (Lipinski definition) is 2. The number of carbonyl (C=O) groups excluding carboxylic acids is 1. The fraction of sp³-hybridized carbons (Fsp3) is 0.333. The van der Waals surface area contributed by atoms with Crippen molar-refractivity contribution in [1.82, 2.24) is 9.59 Å². The second-order valence-corrected chi connectivity index (χ2v) is 6.12. The summed E-state index contributed by atoms with van der Waals surface area (Å²) in [4.78, 5) is 24.8. The monoisotopic (exact) mass is 311 g/mol. The number of amides is 1. The van der Waals surface area contributed by atoms with E-state index in [1.807, 2.05) is 13.8 Å². The lowest BCUT2D eigenvalue weighted by Crippen LogP contribution is -2.13. The molecule has 0 saturated carbocycles. The number of carboxylic acids is 1. The van der Waals surface area contributed by atoms with Gasteiger partial charge >= 0.3 is 5.97 Å². The van der Waals surface area contributed by atoms with Crippen LogP contribution in [0.25, 0.3) is 0 Å².